The van der Waals surface area contributed by atoms with Crippen LogP contribution in [0.25, 0.3) is 0 Å². The highest BCUT2D eigenvalue weighted by Crippen LogP contribution is 2.25. The third kappa shape index (κ3) is 3.73. The van der Waals surface area contributed by atoms with Gasteiger partial charge in [0, 0.05) is 6.42 Å². The van der Waals surface area contributed by atoms with Crippen LogP contribution >= 0.6 is 11.6 Å². The Bertz CT molecular complexity index is 554. The zero-order chi connectivity index (χ0) is 13.7. The minimum absolute atomic E-state index is 0.293. The highest BCUT2D eigenvalue weighted by Gasteiger charge is 2.20. The Labute approximate surface area is 116 Å². The largest absolute Gasteiger partial charge is 0.478 e. The number of carboxylic acid groups (broad SMARTS) is 1. The smallest absolute Gasteiger partial charge is 0.345 e. The molecule has 0 bridgehead atoms. The Hall–Kier alpha value is -2.00. The third-order valence-electron chi connectivity index (χ3n) is 2.65. The number of hydrogen-bond acceptors (Lipinski definition) is 2. The summed E-state index contributed by atoms with van der Waals surface area (Å²) in [6, 6.07) is 16.2. The summed E-state index contributed by atoms with van der Waals surface area (Å²) in [4.78, 5) is 11.3. The van der Waals surface area contributed by atoms with Crippen LogP contribution in [0.15, 0.2) is 54.6 Å². The van der Waals surface area contributed by atoms with Crippen LogP contribution in [0.1, 0.15) is 5.56 Å². The van der Waals surface area contributed by atoms with Crippen molar-refractivity contribution in [2.75, 3.05) is 0 Å². The molecule has 0 saturated heterocycles. The van der Waals surface area contributed by atoms with Crippen LogP contribution in [-0.2, 0) is 11.2 Å². The molecule has 0 saturated carbocycles. The van der Waals surface area contributed by atoms with Crippen LogP contribution in [0.5, 0.6) is 5.75 Å². The first-order chi connectivity index (χ1) is 9.16. The van der Waals surface area contributed by atoms with Gasteiger partial charge in [-0.05, 0) is 17.7 Å². The molecule has 3 nitrogen and oxygen atoms in total. The van der Waals surface area contributed by atoms with Gasteiger partial charge in [0.25, 0.3) is 0 Å². The van der Waals surface area contributed by atoms with Crippen molar-refractivity contribution < 1.29 is 14.6 Å². The molecule has 4 heteroatoms. The van der Waals surface area contributed by atoms with Crippen molar-refractivity contribution in [3.63, 3.8) is 0 Å². The van der Waals surface area contributed by atoms with E-state index in [0.717, 1.165) is 5.56 Å². The van der Waals surface area contributed by atoms with Crippen molar-refractivity contribution in [2.45, 2.75) is 12.5 Å². The summed E-state index contributed by atoms with van der Waals surface area (Å²) in [6.07, 6.45) is -0.663. The Balaban J connectivity index is 2.13. The quantitative estimate of drug-likeness (QED) is 0.910. The van der Waals surface area contributed by atoms with Gasteiger partial charge in [0.15, 0.2) is 6.10 Å². The van der Waals surface area contributed by atoms with Crippen LogP contribution < -0.4 is 4.74 Å². The lowest BCUT2D eigenvalue weighted by atomic mass is 10.1. The predicted octanol–water partition coefficient (Wildman–Crippen LogP) is 3.41. The molecule has 0 amide bonds. The number of ether oxygens (including phenoxy) is 1. The van der Waals surface area contributed by atoms with E-state index in [1.165, 1.54) is 0 Å². The first-order valence-corrected chi connectivity index (χ1v) is 6.22. The first kappa shape index (κ1) is 13.4. The number of rotatable bonds is 5. The molecule has 0 radical (unpaired) electrons. The number of hydrogen-bond donors (Lipinski definition) is 1. The van der Waals surface area contributed by atoms with Crippen molar-refractivity contribution in [3.8, 4) is 5.75 Å². The normalized spacial score (nSPS) is 11.8. The second-order valence-corrected chi connectivity index (χ2v) is 4.47. The molecule has 0 aliphatic heterocycles. The van der Waals surface area contributed by atoms with Gasteiger partial charge in [-0.1, -0.05) is 54.1 Å². The third-order valence-corrected chi connectivity index (χ3v) is 2.96. The van der Waals surface area contributed by atoms with E-state index in [1.54, 1.807) is 24.3 Å². The Kier molecular flexibility index (Phi) is 4.42. The predicted molar refractivity (Wildman–Crippen MR) is 73.6 cm³/mol. The number of aliphatic carboxylic acids is 1. The molecule has 2 aromatic carbocycles. The summed E-state index contributed by atoms with van der Waals surface area (Å²) < 4.78 is 5.48. The van der Waals surface area contributed by atoms with E-state index >= 15 is 0 Å². The summed E-state index contributed by atoms with van der Waals surface area (Å²) >= 11 is 5.96. The van der Waals surface area contributed by atoms with Gasteiger partial charge in [-0.15, -0.1) is 0 Å². The topological polar surface area (TPSA) is 46.5 Å². The minimum atomic E-state index is -1.01. The molecule has 0 spiro atoms. The molecule has 0 aliphatic rings. The molecule has 2 rings (SSSR count). The van der Waals surface area contributed by atoms with Crippen molar-refractivity contribution in [1.82, 2.24) is 0 Å². The van der Waals surface area contributed by atoms with E-state index in [4.69, 9.17) is 16.3 Å². The second kappa shape index (κ2) is 6.25. The maximum absolute atomic E-state index is 11.3. The van der Waals surface area contributed by atoms with Crippen molar-refractivity contribution >= 4 is 17.6 Å². The summed E-state index contributed by atoms with van der Waals surface area (Å²) in [6.45, 7) is 0. The molecule has 0 aromatic heterocycles. The zero-order valence-electron chi connectivity index (χ0n) is 10.1. The molecule has 0 fully saturated rings. The summed E-state index contributed by atoms with van der Waals surface area (Å²) in [5.74, 6) is -0.628. The standard InChI is InChI=1S/C15H13ClO3/c16-12-8-4-5-9-13(12)19-14(15(17)18)10-11-6-2-1-3-7-11/h1-9,14H,10H2,(H,17,18)/t14-/m0/s1. The molecule has 0 unspecified atom stereocenters. The highest BCUT2D eigenvalue weighted by atomic mass is 35.5. The number of carbonyl (C=O) groups is 1. The Morgan fingerprint density at radius 2 is 1.74 bits per heavy atom. The molecule has 2 aromatic rings. The average molecular weight is 277 g/mol. The van der Waals surface area contributed by atoms with Crippen molar-refractivity contribution in [2.24, 2.45) is 0 Å². The minimum Gasteiger partial charge on any atom is -0.478 e. The fourth-order valence-corrected chi connectivity index (χ4v) is 1.88. The van der Waals surface area contributed by atoms with E-state index in [9.17, 15) is 9.90 Å². The fourth-order valence-electron chi connectivity index (χ4n) is 1.70. The zero-order valence-corrected chi connectivity index (χ0v) is 10.9. The lowest BCUT2D eigenvalue weighted by Gasteiger charge is -2.16. The van der Waals surface area contributed by atoms with Gasteiger partial charge in [0.2, 0.25) is 0 Å². The molecule has 1 atom stereocenters. The van der Waals surface area contributed by atoms with E-state index in [0.29, 0.717) is 17.2 Å². The van der Waals surface area contributed by atoms with Gasteiger partial charge >= 0.3 is 5.97 Å². The van der Waals surface area contributed by atoms with Gasteiger partial charge in [-0.25, -0.2) is 4.79 Å². The molecular formula is C15H13ClO3. The average Bonchev–Trinajstić information content (AvgIpc) is 2.41. The lowest BCUT2D eigenvalue weighted by molar-refractivity contribution is -0.145. The van der Waals surface area contributed by atoms with E-state index in [2.05, 4.69) is 0 Å². The van der Waals surface area contributed by atoms with Gasteiger partial charge in [0.05, 0.1) is 5.02 Å². The number of benzene rings is 2. The van der Waals surface area contributed by atoms with E-state index in [1.807, 2.05) is 30.3 Å². The molecule has 98 valence electrons. The number of carboxylic acids is 1. The van der Waals surface area contributed by atoms with Crippen molar-refractivity contribution in [1.29, 1.82) is 0 Å². The van der Waals surface area contributed by atoms with Gasteiger partial charge < -0.3 is 9.84 Å². The highest BCUT2D eigenvalue weighted by molar-refractivity contribution is 6.32. The van der Waals surface area contributed by atoms with Crippen LogP contribution in [0.4, 0.5) is 0 Å². The van der Waals surface area contributed by atoms with E-state index < -0.39 is 12.1 Å². The number of para-hydroxylation sites is 1. The molecular weight excluding hydrogens is 264 g/mol. The SMILES string of the molecule is O=C(O)[C@H](Cc1ccccc1)Oc1ccccc1Cl. The fraction of sp³-hybridized carbons (Fsp3) is 0.133. The van der Waals surface area contributed by atoms with Crippen LogP contribution in [0, 0.1) is 0 Å². The summed E-state index contributed by atoms with van der Waals surface area (Å²) in [5.41, 5.74) is 0.905. The maximum Gasteiger partial charge on any atom is 0.345 e. The van der Waals surface area contributed by atoms with E-state index in [-0.39, 0.29) is 0 Å². The summed E-state index contributed by atoms with van der Waals surface area (Å²) in [5, 5.41) is 9.62. The molecule has 0 aliphatic carbocycles. The monoisotopic (exact) mass is 276 g/mol. The van der Waals surface area contributed by atoms with Crippen LogP contribution in [0.3, 0.4) is 0 Å². The molecule has 19 heavy (non-hydrogen) atoms. The molecule has 1 N–H and O–H groups in total. The number of halogens is 1. The van der Waals surface area contributed by atoms with Crippen LogP contribution in [0.2, 0.25) is 5.02 Å². The van der Waals surface area contributed by atoms with Gasteiger partial charge in [-0.3, -0.25) is 0 Å². The Morgan fingerprint density at radius 3 is 2.37 bits per heavy atom. The maximum atomic E-state index is 11.3. The van der Waals surface area contributed by atoms with Gasteiger partial charge in [-0.2, -0.15) is 0 Å². The molecule has 0 heterocycles. The first-order valence-electron chi connectivity index (χ1n) is 5.85. The second-order valence-electron chi connectivity index (χ2n) is 4.06. The summed E-state index contributed by atoms with van der Waals surface area (Å²) in [7, 11) is 0. The lowest BCUT2D eigenvalue weighted by Crippen LogP contribution is -2.29. The van der Waals surface area contributed by atoms with Crippen LogP contribution in [-0.4, -0.2) is 17.2 Å². The van der Waals surface area contributed by atoms with Gasteiger partial charge in [0.1, 0.15) is 5.75 Å². The Morgan fingerprint density at radius 1 is 1.11 bits per heavy atom. The van der Waals surface area contributed by atoms with Crippen molar-refractivity contribution in [3.05, 3.63) is 65.2 Å².